The number of hydrogen-bond acceptors (Lipinski definition) is 7. The van der Waals surface area contributed by atoms with E-state index in [1.165, 1.54) is 31.9 Å². The molecule has 0 bridgehead atoms. The Hall–Kier alpha value is -1.41. The fourth-order valence-corrected chi connectivity index (χ4v) is 6.50. The molecule has 2 heterocycles. The Bertz CT molecular complexity index is 785. The number of piperazine rings is 1. The number of carbonyl (C=O) groups excluding carboxylic acids is 2. The lowest BCUT2D eigenvalue weighted by Crippen LogP contribution is -2.78. The molecule has 1 aliphatic heterocycles. The second-order valence-corrected chi connectivity index (χ2v) is 9.50. The molecule has 2 aliphatic carbocycles. The molecular formula is C24H38Cl2N4O3. The number of rotatable bonds is 4. The first kappa shape index (κ1) is 27.8. The van der Waals surface area contributed by atoms with Crippen LogP contribution in [-0.4, -0.2) is 59.1 Å². The molecule has 1 saturated heterocycles. The first-order chi connectivity index (χ1) is 15.0. The van der Waals surface area contributed by atoms with Crippen molar-refractivity contribution < 1.29 is 14.3 Å². The number of hydrogen-bond donors (Lipinski definition) is 1. The molecule has 2 N–H and O–H groups in total. The molecule has 4 rings (SSSR count). The van der Waals surface area contributed by atoms with Crippen molar-refractivity contribution in [2.45, 2.75) is 75.8 Å². The number of pyridine rings is 1. The third-order valence-electron chi connectivity index (χ3n) is 7.90. The third kappa shape index (κ3) is 5.31. The van der Waals surface area contributed by atoms with E-state index in [4.69, 9.17) is 10.5 Å². The van der Waals surface area contributed by atoms with Gasteiger partial charge in [-0.1, -0.05) is 32.1 Å². The third-order valence-corrected chi connectivity index (χ3v) is 7.90. The van der Waals surface area contributed by atoms with E-state index < -0.39 is 23.0 Å². The lowest BCUT2D eigenvalue weighted by Gasteiger charge is -2.61. The Morgan fingerprint density at radius 3 is 2.18 bits per heavy atom. The molecule has 1 aromatic heterocycles. The first-order valence-electron chi connectivity index (χ1n) is 11.9. The molecule has 0 aromatic carbocycles. The van der Waals surface area contributed by atoms with Gasteiger partial charge in [-0.2, -0.15) is 0 Å². The Labute approximate surface area is 209 Å². The standard InChI is InChI=1S/C24H36N4O3.2ClH/c1-19(29)31-22(30)23(25)11-5-6-12-24(23,20-7-3-2-4-8-20)28-17-15-27(16-18-28)21-9-13-26-14-10-21;;/h9-10,13-14,20H,2-8,11-12,15-18,25H2,1H3;2*1H. The summed E-state index contributed by atoms with van der Waals surface area (Å²) < 4.78 is 5.17. The normalized spacial score (nSPS) is 28.8. The Balaban J connectivity index is 0.00000193. The maximum atomic E-state index is 13.3. The fraction of sp³-hybridized carbons (Fsp3) is 0.708. The van der Waals surface area contributed by atoms with Crippen molar-refractivity contribution in [2.24, 2.45) is 11.7 Å². The van der Waals surface area contributed by atoms with Gasteiger partial charge in [0.2, 0.25) is 0 Å². The number of esters is 2. The number of halogens is 2. The van der Waals surface area contributed by atoms with Crippen LogP contribution in [0.4, 0.5) is 5.69 Å². The smallest absolute Gasteiger partial charge is 0.335 e. The average molecular weight is 501 g/mol. The molecule has 1 aromatic rings. The molecule has 3 aliphatic rings. The van der Waals surface area contributed by atoms with Gasteiger partial charge in [0.05, 0.1) is 5.54 Å². The van der Waals surface area contributed by atoms with Crippen molar-refractivity contribution in [1.29, 1.82) is 0 Å². The average Bonchev–Trinajstić information content (AvgIpc) is 2.80. The summed E-state index contributed by atoms with van der Waals surface area (Å²) in [6.07, 6.45) is 12.9. The molecule has 33 heavy (non-hydrogen) atoms. The van der Waals surface area contributed by atoms with Gasteiger partial charge in [-0.3, -0.25) is 14.7 Å². The van der Waals surface area contributed by atoms with Gasteiger partial charge in [-0.15, -0.1) is 24.8 Å². The van der Waals surface area contributed by atoms with E-state index >= 15 is 0 Å². The van der Waals surface area contributed by atoms with Crippen molar-refractivity contribution in [3.63, 3.8) is 0 Å². The molecule has 2 saturated carbocycles. The lowest BCUT2D eigenvalue weighted by atomic mass is 9.57. The zero-order valence-electron chi connectivity index (χ0n) is 19.5. The van der Waals surface area contributed by atoms with Crippen molar-refractivity contribution in [3.8, 4) is 0 Å². The van der Waals surface area contributed by atoms with Gasteiger partial charge < -0.3 is 15.4 Å². The number of aromatic nitrogens is 1. The molecule has 9 heteroatoms. The van der Waals surface area contributed by atoms with Gasteiger partial charge in [0, 0.05) is 51.2 Å². The first-order valence-corrected chi connectivity index (χ1v) is 11.9. The SMILES string of the molecule is CC(=O)OC(=O)C1(N)CCCCC1(C1CCCCC1)N1CCN(c2ccncc2)CC1.Cl.Cl. The summed E-state index contributed by atoms with van der Waals surface area (Å²) in [5, 5.41) is 0. The molecule has 2 atom stereocenters. The minimum Gasteiger partial charge on any atom is -0.392 e. The molecule has 0 radical (unpaired) electrons. The number of nitrogens with zero attached hydrogens (tertiary/aromatic N) is 3. The summed E-state index contributed by atoms with van der Waals surface area (Å²) in [5.41, 5.74) is 6.64. The van der Waals surface area contributed by atoms with E-state index in [1.54, 1.807) is 0 Å². The van der Waals surface area contributed by atoms with Crippen LogP contribution < -0.4 is 10.6 Å². The topological polar surface area (TPSA) is 88.8 Å². The highest BCUT2D eigenvalue weighted by Crippen LogP contribution is 2.50. The van der Waals surface area contributed by atoms with Gasteiger partial charge >= 0.3 is 11.9 Å². The monoisotopic (exact) mass is 500 g/mol. The number of anilines is 1. The Kier molecular flexibility index (Phi) is 9.97. The summed E-state index contributed by atoms with van der Waals surface area (Å²) in [4.78, 5) is 34.0. The summed E-state index contributed by atoms with van der Waals surface area (Å²) in [5.74, 6) is -0.735. The minimum atomic E-state index is -1.14. The van der Waals surface area contributed by atoms with Crippen molar-refractivity contribution in [1.82, 2.24) is 9.88 Å². The van der Waals surface area contributed by atoms with E-state index in [9.17, 15) is 9.59 Å². The van der Waals surface area contributed by atoms with Crippen LogP contribution >= 0.6 is 24.8 Å². The van der Waals surface area contributed by atoms with Crippen molar-refractivity contribution in [2.75, 3.05) is 31.1 Å². The molecular weight excluding hydrogens is 463 g/mol. The molecule has 2 unspecified atom stereocenters. The zero-order valence-corrected chi connectivity index (χ0v) is 21.2. The lowest BCUT2D eigenvalue weighted by molar-refractivity contribution is -0.173. The van der Waals surface area contributed by atoms with E-state index in [1.807, 2.05) is 24.5 Å². The van der Waals surface area contributed by atoms with Crippen LogP contribution in [0.3, 0.4) is 0 Å². The van der Waals surface area contributed by atoms with Gasteiger partial charge in [0.25, 0.3) is 0 Å². The summed E-state index contributed by atoms with van der Waals surface area (Å²) in [6.45, 7) is 4.77. The van der Waals surface area contributed by atoms with Crippen LogP contribution in [0.2, 0.25) is 0 Å². The summed E-state index contributed by atoms with van der Waals surface area (Å²) in [7, 11) is 0. The van der Waals surface area contributed by atoms with Crippen LogP contribution in [0.25, 0.3) is 0 Å². The molecule has 186 valence electrons. The largest absolute Gasteiger partial charge is 0.392 e. The minimum absolute atomic E-state index is 0. The highest BCUT2D eigenvalue weighted by molar-refractivity contribution is 5.91. The summed E-state index contributed by atoms with van der Waals surface area (Å²) in [6, 6.07) is 4.09. The Morgan fingerprint density at radius 2 is 1.58 bits per heavy atom. The number of carbonyl (C=O) groups is 2. The highest BCUT2D eigenvalue weighted by Gasteiger charge is 2.62. The fourth-order valence-electron chi connectivity index (χ4n) is 6.50. The Morgan fingerprint density at radius 1 is 0.970 bits per heavy atom. The van der Waals surface area contributed by atoms with E-state index in [-0.39, 0.29) is 24.8 Å². The molecule has 0 spiro atoms. The van der Waals surface area contributed by atoms with E-state index in [2.05, 4.69) is 14.8 Å². The van der Waals surface area contributed by atoms with Crippen LogP contribution in [0.5, 0.6) is 0 Å². The zero-order chi connectivity index (χ0) is 21.9. The second-order valence-electron chi connectivity index (χ2n) is 9.50. The number of ether oxygens (including phenoxy) is 1. The number of nitrogens with two attached hydrogens (primary N) is 1. The predicted molar refractivity (Wildman–Crippen MR) is 134 cm³/mol. The molecule has 7 nitrogen and oxygen atoms in total. The van der Waals surface area contributed by atoms with Gasteiger partial charge in [-0.05, 0) is 43.7 Å². The quantitative estimate of drug-likeness (QED) is 0.497. The van der Waals surface area contributed by atoms with Crippen LogP contribution in [0.15, 0.2) is 24.5 Å². The van der Waals surface area contributed by atoms with Crippen molar-refractivity contribution in [3.05, 3.63) is 24.5 Å². The van der Waals surface area contributed by atoms with Crippen LogP contribution in [0.1, 0.15) is 64.7 Å². The van der Waals surface area contributed by atoms with E-state index in [0.717, 1.165) is 58.3 Å². The van der Waals surface area contributed by atoms with Gasteiger partial charge in [-0.25, -0.2) is 4.79 Å². The van der Waals surface area contributed by atoms with Gasteiger partial charge in [0.1, 0.15) is 5.54 Å². The van der Waals surface area contributed by atoms with E-state index in [0.29, 0.717) is 12.3 Å². The predicted octanol–water partition coefficient (Wildman–Crippen LogP) is 3.73. The highest BCUT2D eigenvalue weighted by atomic mass is 35.5. The maximum Gasteiger partial charge on any atom is 0.335 e. The summed E-state index contributed by atoms with van der Waals surface area (Å²) >= 11 is 0. The van der Waals surface area contributed by atoms with Crippen LogP contribution in [-0.2, 0) is 14.3 Å². The van der Waals surface area contributed by atoms with Crippen LogP contribution in [0, 0.1) is 5.92 Å². The van der Waals surface area contributed by atoms with Crippen molar-refractivity contribution >= 4 is 42.4 Å². The second kappa shape index (κ2) is 11.8. The maximum absolute atomic E-state index is 13.3. The molecule has 0 amide bonds. The molecule has 3 fully saturated rings. The van der Waals surface area contributed by atoms with Gasteiger partial charge in [0.15, 0.2) is 0 Å².